The summed E-state index contributed by atoms with van der Waals surface area (Å²) in [6.45, 7) is 3.90. The van der Waals surface area contributed by atoms with E-state index in [-0.39, 0.29) is 12.1 Å². The molecule has 0 saturated heterocycles. The zero-order chi connectivity index (χ0) is 13.8. The van der Waals surface area contributed by atoms with Gasteiger partial charge in [0.25, 0.3) is 0 Å². The fourth-order valence-corrected chi connectivity index (χ4v) is 2.02. The highest BCUT2D eigenvalue weighted by Crippen LogP contribution is 2.30. The van der Waals surface area contributed by atoms with Gasteiger partial charge in [-0.15, -0.1) is 0 Å². The SMILES string of the molecule is Cc1ccc(Cl)c(OC(c2cccnc2)C(C)N)c1. The maximum absolute atomic E-state index is 6.15. The van der Waals surface area contributed by atoms with E-state index >= 15 is 0 Å². The largest absolute Gasteiger partial charge is 0.482 e. The average Bonchev–Trinajstić information content (AvgIpc) is 2.40. The van der Waals surface area contributed by atoms with Crippen LogP contribution in [0.25, 0.3) is 0 Å². The monoisotopic (exact) mass is 276 g/mol. The standard InChI is InChI=1S/C15H17ClN2O/c1-10-5-6-13(16)14(8-10)19-15(11(2)17)12-4-3-7-18-9-12/h3-9,11,15H,17H2,1-2H3. The number of pyridine rings is 1. The van der Waals surface area contributed by atoms with Gasteiger partial charge in [0.2, 0.25) is 0 Å². The number of halogens is 1. The normalized spacial score (nSPS) is 13.9. The van der Waals surface area contributed by atoms with Gasteiger partial charge in [-0.3, -0.25) is 4.98 Å². The van der Waals surface area contributed by atoms with Gasteiger partial charge in [0.1, 0.15) is 11.9 Å². The molecule has 2 atom stereocenters. The van der Waals surface area contributed by atoms with Crippen LogP contribution in [-0.4, -0.2) is 11.0 Å². The first kappa shape index (κ1) is 13.8. The minimum atomic E-state index is -0.270. The Morgan fingerprint density at radius 1 is 1.32 bits per heavy atom. The highest BCUT2D eigenvalue weighted by atomic mass is 35.5. The van der Waals surface area contributed by atoms with Gasteiger partial charge in [-0.25, -0.2) is 0 Å². The maximum Gasteiger partial charge on any atom is 0.140 e. The molecule has 1 aromatic heterocycles. The minimum Gasteiger partial charge on any atom is -0.482 e. The summed E-state index contributed by atoms with van der Waals surface area (Å²) in [4.78, 5) is 4.10. The lowest BCUT2D eigenvalue weighted by Gasteiger charge is -2.23. The van der Waals surface area contributed by atoms with Crippen molar-refractivity contribution in [2.24, 2.45) is 5.73 Å². The van der Waals surface area contributed by atoms with Crippen molar-refractivity contribution in [2.45, 2.75) is 26.0 Å². The van der Waals surface area contributed by atoms with Crippen LogP contribution in [-0.2, 0) is 0 Å². The lowest BCUT2D eigenvalue weighted by molar-refractivity contribution is 0.180. The topological polar surface area (TPSA) is 48.1 Å². The van der Waals surface area contributed by atoms with Gasteiger partial charge in [-0.05, 0) is 37.6 Å². The number of benzene rings is 1. The molecule has 2 N–H and O–H groups in total. The first-order chi connectivity index (χ1) is 9.08. The second-order valence-corrected chi connectivity index (χ2v) is 5.03. The first-order valence-electron chi connectivity index (χ1n) is 6.16. The van der Waals surface area contributed by atoms with E-state index in [9.17, 15) is 0 Å². The summed E-state index contributed by atoms with van der Waals surface area (Å²) in [6, 6.07) is 9.33. The van der Waals surface area contributed by atoms with Crippen molar-refractivity contribution in [1.82, 2.24) is 4.98 Å². The van der Waals surface area contributed by atoms with Gasteiger partial charge in [0.05, 0.1) is 5.02 Å². The van der Waals surface area contributed by atoms with Crippen molar-refractivity contribution in [3.63, 3.8) is 0 Å². The lowest BCUT2D eigenvalue weighted by Crippen LogP contribution is -2.29. The average molecular weight is 277 g/mol. The van der Waals surface area contributed by atoms with Crippen LogP contribution in [0.2, 0.25) is 5.02 Å². The van der Waals surface area contributed by atoms with Crippen molar-refractivity contribution in [1.29, 1.82) is 0 Å². The van der Waals surface area contributed by atoms with Crippen LogP contribution < -0.4 is 10.5 Å². The van der Waals surface area contributed by atoms with Crippen LogP contribution in [0.3, 0.4) is 0 Å². The molecule has 0 aliphatic carbocycles. The van der Waals surface area contributed by atoms with Gasteiger partial charge in [-0.1, -0.05) is 23.7 Å². The molecule has 100 valence electrons. The zero-order valence-electron chi connectivity index (χ0n) is 11.0. The first-order valence-corrected chi connectivity index (χ1v) is 6.54. The Labute approximate surface area is 118 Å². The summed E-state index contributed by atoms with van der Waals surface area (Å²) in [7, 11) is 0. The fraction of sp³-hybridized carbons (Fsp3) is 0.267. The summed E-state index contributed by atoms with van der Waals surface area (Å²) in [5, 5.41) is 0.583. The number of nitrogens with two attached hydrogens (primary N) is 1. The summed E-state index contributed by atoms with van der Waals surface area (Å²) in [5.74, 6) is 0.646. The van der Waals surface area contributed by atoms with E-state index in [4.69, 9.17) is 22.1 Å². The quantitative estimate of drug-likeness (QED) is 0.930. The van der Waals surface area contributed by atoms with E-state index in [1.165, 1.54) is 0 Å². The van der Waals surface area contributed by atoms with Crippen molar-refractivity contribution in [3.8, 4) is 5.75 Å². The molecule has 0 fully saturated rings. The summed E-state index contributed by atoms with van der Waals surface area (Å²) in [5.41, 5.74) is 8.04. The predicted molar refractivity (Wildman–Crippen MR) is 77.4 cm³/mol. The Kier molecular flexibility index (Phi) is 4.40. The zero-order valence-corrected chi connectivity index (χ0v) is 11.8. The molecule has 1 heterocycles. The van der Waals surface area contributed by atoms with Crippen LogP contribution in [0.1, 0.15) is 24.2 Å². The lowest BCUT2D eigenvalue weighted by atomic mass is 10.1. The van der Waals surface area contributed by atoms with Gasteiger partial charge >= 0.3 is 0 Å². The second-order valence-electron chi connectivity index (χ2n) is 4.62. The van der Waals surface area contributed by atoms with Gasteiger partial charge < -0.3 is 10.5 Å². The third-order valence-corrected chi connectivity index (χ3v) is 3.14. The number of rotatable bonds is 4. The minimum absolute atomic E-state index is 0.166. The number of ether oxygens (including phenoxy) is 1. The van der Waals surface area contributed by atoms with Crippen LogP contribution in [0.15, 0.2) is 42.7 Å². The third-order valence-electron chi connectivity index (χ3n) is 2.83. The van der Waals surface area contributed by atoms with E-state index in [0.717, 1.165) is 11.1 Å². The molecule has 2 rings (SSSR count). The van der Waals surface area contributed by atoms with E-state index in [2.05, 4.69) is 4.98 Å². The van der Waals surface area contributed by atoms with Crippen LogP contribution in [0.4, 0.5) is 0 Å². The van der Waals surface area contributed by atoms with Crippen LogP contribution in [0.5, 0.6) is 5.75 Å². The molecule has 0 spiro atoms. The van der Waals surface area contributed by atoms with Gasteiger partial charge in [0.15, 0.2) is 0 Å². The van der Waals surface area contributed by atoms with Gasteiger partial charge in [-0.2, -0.15) is 0 Å². The molecular formula is C15H17ClN2O. The molecule has 0 bridgehead atoms. The van der Waals surface area contributed by atoms with Crippen molar-refractivity contribution < 1.29 is 4.74 Å². The molecule has 2 aromatic rings. The summed E-state index contributed by atoms with van der Waals surface area (Å²) < 4.78 is 5.98. The van der Waals surface area contributed by atoms with Gasteiger partial charge in [0, 0.05) is 24.0 Å². The highest BCUT2D eigenvalue weighted by Gasteiger charge is 2.19. The molecule has 0 saturated carbocycles. The number of hydrogen-bond donors (Lipinski definition) is 1. The Hall–Kier alpha value is -1.58. The molecule has 4 heteroatoms. The molecule has 3 nitrogen and oxygen atoms in total. The highest BCUT2D eigenvalue weighted by molar-refractivity contribution is 6.32. The Morgan fingerprint density at radius 3 is 2.74 bits per heavy atom. The van der Waals surface area contributed by atoms with E-state index < -0.39 is 0 Å². The summed E-state index contributed by atoms with van der Waals surface area (Å²) in [6.07, 6.45) is 3.21. The number of hydrogen-bond acceptors (Lipinski definition) is 3. The van der Waals surface area contributed by atoms with Crippen molar-refractivity contribution >= 4 is 11.6 Å². The van der Waals surface area contributed by atoms with Crippen LogP contribution in [0, 0.1) is 6.92 Å². The molecule has 2 unspecified atom stereocenters. The summed E-state index contributed by atoms with van der Waals surface area (Å²) >= 11 is 6.15. The Morgan fingerprint density at radius 2 is 2.11 bits per heavy atom. The molecule has 1 aromatic carbocycles. The van der Waals surface area contributed by atoms with E-state index in [1.54, 1.807) is 12.4 Å². The fourth-order valence-electron chi connectivity index (χ4n) is 1.86. The van der Waals surface area contributed by atoms with Crippen molar-refractivity contribution in [3.05, 3.63) is 58.9 Å². The molecule has 0 radical (unpaired) electrons. The molecule has 19 heavy (non-hydrogen) atoms. The number of aromatic nitrogens is 1. The Bertz CT molecular complexity index is 543. The number of aryl methyl sites for hydroxylation is 1. The van der Waals surface area contributed by atoms with E-state index in [1.807, 2.05) is 44.2 Å². The smallest absolute Gasteiger partial charge is 0.140 e. The molecule has 0 amide bonds. The van der Waals surface area contributed by atoms with E-state index in [0.29, 0.717) is 10.8 Å². The molecule has 0 aliphatic rings. The number of nitrogens with zero attached hydrogens (tertiary/aromatic N) is 1. The third kappa shape index (κ3) is 3.46. The second kappa shape index (κ2) is 6.04. The predicted octanol–water partition coefficient (Wildman–Crippen LogP) is 3.51. The van der Waals surface area contributed by atoms with Crippen LogP contribution >= 0.6 is 11.6 Å². The molecular weight excluding hydrogens is 260 g/mol. The maximum atomic E-state index is 6.15. The molecule has 0 aliphatic heterocycles. The van der Waals surface area contributed by atoms with Crippen molar-refractivity contribution in [2.75, 3.05) is 0 Å². The Balaban J connectivity index is 2.29.